The molecule has 0 amide bonds. The summed E-state index contributed by atoms with van der Waals surface area (Å²) < 4.78 is 0. The normalized spacial score (nSPS) is 13.5. The van der Waals surface area contributed by atoms with Crippen molar-refractivity contribution in [3.63, 3.8) is 0 Å². The van der Waals surface area contributed by atoms with Gasteiger partial charge in [0.2, 0.25) is 0 Å². The summed E-state index contributed by atoms with van der Waals surface area (Å²) in [4.78, 5) is 8.22. The van der Waals surface area contributed by atoms with Crippen LogP contribution in [-0.4, -0.2) is 10.9 Å². The van der Waals surface area contributed by atoms with Crippen LogP contribution in [0.15, 0.2) is 48.6 Å². The minimum absolute atomic E-state index is 0.00452. The van der Waals surface area contributed by atoms with Gasteiger partial charge in [0.15, 0.2) is 5.96 Å². The number of pyridine rings is 1. The molecule has 0 saturated carbocycles. The summed E-state index contributed by atoms with van der Waals surface area (Å²) in [5.41, 5.74) is 18.1. The van der Waals surface area contributed by atoms with E-state index in [9.17, 15) is 0 Å². The zero-order chi connectivity index (χ0) is 12.8. The number of guanidine groups is 1. The molecule has 0 spiro atoms. The lowest BCUT2D eigenvalue weighted by Crippen LogP contribution is -2.23. The molecule has 2 unspecified atom stereocenters. The molecule has 1 aromatic rings. The van der Waals surface area contributed by atoms with Crippen LogP contribution in [0, 0.1) is 0 Å². The van der Waals surface area contributed by atoms with Crippen molar-refractivity contribution in [1.82, 2.24) is 4.98 Å². The van der Waals surface area contributed by atoms with Gasteiger partial charge in [-0.15, -0.1) is 13.2 Å². The van der Waals surface area contributed by atoms with Crippen LogP contribution in [-0.2, 0) is 0 Å². The van der Waals surface area contributed by atoms with E-state index < -0.39 is 0 Å². The molecule has 0 aliphatic heterocycles. The summed E-state index contributed by atoms with van der Waals surface area (Å²) in [5, 5.41) is 0. The van der Waals surface area contributed by atoms with Gasteiger partial charge in [0.25, 0.3) is 0 Å². The van der Waals surface area contributed by atoms with Crippen LogP contribution in [0.2, 0.25) is 0 Å². The molecule has 90 valence electrons. The largest absolute Gasteiger partial charge is 0.370 e. The van der Waals surface area contributed by atoms with Crippen LogP contribution < -0.4 is 17.2 Å². The molecule has 5 heteroatoms. The Morgan fingerprint density at radius 3 is 2.59 bits per heavy atom. The van der Waals surface area contributed by atoms with Crippen molar-refractivity contribution in [3.05, 3.63) is 54.9 Å². The fourth-order valence-electron chi connectivity index (χ4n) is 1.37. The van der Waals surface area contributed by atoms with Crippen molar-refractivity contribution < 1.29 is 0 Å². The highest BCUT2D eigenvalue weighted by Crippen LogP contribution is 2.19. The summed E-state index contributed by atoms with van der Waals surface area (Å²) in [7, 11) is 0. The quantitative estimate of drug-likeness (QED) is 0.395. The van der Waals surface area contributed by atoms with Crippen LogP contribution in [0.3, 0.4) is 0 Å². The second kappa shape index (κ2) is 5.81. The van der Waals surface area contributed by atoms with Gasteiger partial charge in [-0.25, -0.2) is 4.99 Å². The SMILES string of the molecule is C=CC(N)c1ccnc(C(C=C)N=C(N)N)c1. The fraction of sp³-hybridized carbons (Fsp3) is 0.167. The van der Waals surface area contributed by atoms with E-state index in [2.05, 4.69) is 23.1 Å². The predicted molar refractivity (Wildman–Crippen MR) is 70.1 cm³/mol. The molecule has 17 heavy (non-hydrogen) atoms. The monoisotopic (exact) mass is 231 g/mol. The first-order chi connectivity index (χ1) is 8.08. The molecular weight excluding hydrogens is 214 g/mol. The molecule has 0 saturated heterocycles. The standard InChI is InChI=1S/C12H17N5/c1-3-9(13)8-5-6-16-11(7-8)10(4-2)17-12(14)15/h3-7,9-10H,1-2,13H2,(H4,14,15,17). The number of hydrogen-bond donors (Lipinski definition) is 3. The van der Waals surface area contributed by atoms with Crippen molar-refractivity contribution in [2.24, 2.45) is 22.2 Å². The Labute approximate surface area is 101 Å². The maximum Gasteiger partial charge on any atom is 0.186 e. The van der Waals surface area contributed by atoms with E-state index in [1.54, 1.807) is 18.3 Å². The van der Waals surface area contributed by atoms with E-state index in [1.165, 1.54) is 0 Å². The molecule has 6 N–H and O–H groups in total. The molecule has 2 atom stereocenters. The van der Waals surface area contributed by atoms with Gasteiger partial charge in [0.1, 0.15) is 6.04 Å². The van der Waals surface area contributed by atoms with Gasteiger partial charge in [-0.3, -0.25) is 4.98 Å². The summed E-state index contributed by atoms with van der Waals surface area (Å²) in [6.45, 7) is 7.32. The topological polar surface area (TPSA) is 103 Å². The number of hydrogen-bond acceptors (Lipinski definition) is 3. The van der Waals surface area contributed by atoms with E-state index >= 15 is 0 Å². The smallest absolute Gasteiger partial charge is 0.186 e. The molecule has 0 radical (unpaired) electrons. The number of rotatable bonds is 5. The van der Waals surface area contributed by atoms with Crippen molar-refractivity contribution in [1.29, 1.82) is 0 Å². The summed E-state index contributed by atoms with van der Waals surface area (Å²) in [6, 6.07) is 3.06. The van der Waals surface area contributed by atoms with E-state index in [0.29, 0.717) is 5.69 Å². The van der Waals surface area contributed by atoms with Crippen LogP contribution in [0.1, 0.15) is 23.3 Å². The Morgan fingerprint density at radius 2 is 2.06 bits per heavy atom. The highest BCUT2D eigenvalue weighted by molar-refractivity contribution is 5.76. The average Bonchev–Trinajstić information content (AvgIpc) is 2.34. The first-order valence-corrected chi connectivity index (χ1v) is 5.13. The molecule has 0 bridgehead atoms. The Balaban J connectivity index is 3.09. The van der Waals surface area contributed by atoms with Crippen molar-refractivity contribution in [2.45, 2.75) is 12.1 Å². The Bertz CT molecular complexity index is 434. The highest BCUT2D eigenvalue weighted by atomic mass is 15.0. The molecule has 0 aromatic carbocycles. The molecular formula is C12H17N5. The predicted octanol–water partition coefficient (Wildman–Crippen LogP) is 0.768. The third-order valence-electron chi connectivity index (χ3n) is 2.26. The molecule has 0 fully saturated rings. The second-order valence-electron chi connectivity index (χ2n) is 3.51. The first kappa shape index (κ1) is 12.9. The number of nitrogens with two attached hydrogens (primary N) is 3. The Hall–Kier alpha value is -2.14. The highest BCUT2D eigenvalue weighted by Gasteiger charge is 2.10. The maximum absolute atomic E-state index is 5.85. The number of aliphatic imine (C=N–C) groups is 1. The van der Waals surface area contributed by atoms with Crippen molar-refractivity contribution in [2.75, 3.05) is 0 Å². The van der Waals surface area contributed by atoms with E-state index in [4.69, 9.17) is 17.2 Å². The van der Waals surface area contributed by atoms with Gasteiger partial charge >= 0.3 is 0 Å². The summed E-state index contributed by atoms with van der Waals surface area (Å²) >= 11 is 0. The van der Waals surface area contributed by atoms with Crippen LogP contribution in [0.4, 0.5) is 0 Å². The summed E-state index contributed by atoms with van der Waals surface area (Å²) in [5.74, 6) is -0.00452. The maximum atomic E-state index is 5.85. The van der Waals surface area contributed by atoms with Crippen LogP contribution in [0.5, 0.6) is 0 Å². The average molecular weight is 231 g/mol. The third-order valence-corrected chi connectivity index (χ3v) is 2.26. The lowest BCUT2D eigenvalue weighted by molar-refractivity contribution is 0.837. The fourth-order valence-corrected chi connectivity index (χ4v) is 1.37. The van der Waals surface area contributed by atoms with Crippen LogP contribution in [0.25, 0.3) is 0 Å². The van der Waals surface area contributed by atoms with Gasteiger partial charge in [0, 0.05) is 12.2 Å². The lowest BCUT2D eigenvalue weighted by Gasteiger charge is -2.11. The summed E-state index contributed by atoms with van der Waals surface area (Å²) in [6.07, 6.45) is 4.93. The van der Waals surface area contributed by atoms with Gasteiger partial charge in [0.05, 0.1) is 5.69 Å². The van der Waals surface area contributed by atoms with Crippen molar-refractivity contribution in [3.8, 4) is 0 Å². The minimum atomic E-state index is -0.364. The molecule has 1 heterocycles. The zero-order valence-corrected chi connectivity index (χ0v) is 9.58. The van der Waals surface area contributed by atoms with Gasteiger partial charge in [-0.05, 0) is 17.7 Å². The number of aromatic nitrogens is 1. The zero-order valence-electron chi connectivity index (χ0n) is 9.58. The lowest BCUT2D eigenvalue weighted by atomic mass is 10.1. The van der Waals surface area contributed by atoms with Gasteiger partial charge in [-0.1, -0.05) is 12.2 Å². The molecule has 1 aromatic heterocycles. The van der Waals surface area contributed by atoms with Gasteiger partial charge in [-0.2, -0.15) is 0 Å². The van der Waals surface area contributed by atoms with E-state index in [-0.39, 0.29) is 18.0 Å². The minimum Gasteiger partial charge on any atom is -0.370 e. The molecule has 5 nitrogen and oxygen atoms in total. The second-order valence-corrected chi connectivity index (χ2v) is 3.51. The first-order valence-electron chi connectivity index (χ1n) is 5.13. The van der Waals surface area contributed by atoms with Gasteiger partial charge < -0.3 is 17.2 Å². The Morgan fingerprint density at radius 1 is 1.35 bits per heavy atom. The molecule has 0 aliphatic rings. The van der Waals surface area contributed by atoms with E-state index in [1.807, 2.05) is 12.1 Å². The number of nitrogens with zero attached hydrogens (tertiary/aromatic N) is 2. The third kappa shape index (κ3) is 3.42. The Kier molecular flexibility index (Phi) is 4.42. The molecule has 1 rings (SSSR count). The van der Waals surface area contributed by atoms with E-state index in [0.717, 1.165) is 5.56 Å². The van der Waals surface area contributed by atoms with Crippen LogP contribution >= 0.6 is 0 Å². The molecule has 0 aliphatic carbocycles. The van der Waals surface area contributed by atoms with Crippen molar-refractivity contribution >= 4 is 5.96 Å².